The number of nitrogens with zero attached hydrogens (tertiary/aromatic N) is 1. The standard InChI is InChI=1S/C17H23N3O2/c1-12(2)15-10-16(20-19-15)17(22)18-11-14(8-9-21)13-6-4-3-5-7-13/h3-7,10,12,14,21H,8-9,11H2,1-2H3,(H,18,22)(H,19,20). The molecule has 0 radical (unpaired) electrons. The van der Waals surface area contributed by atoms with Gasteiger partial charge in [0.25, 0.3) is 5.91 Å². The molecule has 0 bridgehead atoms. The molecule has 118 valence electrons. The molecule has 0 spiro atoms. The second-order valence-corrected chi connectivity index (χ2v) is 5.69. The molecule has 0 aliphatic carbocycles. The minimum Gasteiger partial charge on any atom is -0.396 e. The molecule has 0 aliphatic rings. The lowest BCUT2D eigenvalue weighted by molar-refractivity contribution is 0.0944. The number of carbonyl (C=O) groups is 1. The van der Waals surface area contributed by atoms with E-state index < -0.39 is 0 Å². The van der Waals surface area contributed by atoms with Gasteiger partial charge in [0.2, 0.25) is 0 Å². The first kappa shape index (κ1) is 16.2. The molecule has 1 unspecified atom stereocenters. The lowest BCUT2D eigenvalue weighted by Crippen LogP contribution is -2.29. The van der Waals surface area contributed by atoms with E-state index in [0.717, 1.165) is 11.3 Å². The first-order valence-corrected chi connectivity index (χ1v) is 7.61. The topological polar surface area (TPSA) is 78.0 Å². The lowest BCUT2D eigenvalue weighted by Gasteiger charge is -2.16. The summed E-state index contributed by atoms with van der Waals surface area (Å²) in [5, 5.41) is 19.0. The number of hydrogen-bond acceptors (Lipinski definition) is 3. The van der Waals surface area contributed by atoms with Crippen molar-refractivity contribution in [2.45, 2.75) is 32.1 Å². The van der Waals surface area contributed by atoms with Crippen molar-refractivity contribution in [1.82, 2.24) is 15.5 Å². The average Bonchev–Trinajstić information content (AvgIpc) is 3.02. The smallest absolute Gasteiger partial charge is 0.271 e. The number of benzene rings is 1. The molecule has 1 amide bonds. The number of nitrogens with one attached hydrogen (secondary N) is 2. The van der Waals surface area contributed by atoms with Gasteiger partial charge in [-0.25, -0.2) is 0 Å². The minimum atomic E-state index is -0.193. The van der Waals surface area contributed by atoms with Gasteiger partial charge in [-0.15, -0.1) is 0 Å². The molecule has 5 nitrogen and oxygen atoms in total. The van der Waals surface area contributed by atoms with E-state index in [-0.39, 0.29) is 18.4 Å². The summed E-state index contributed by atoms with van der Waals surface area (Å²) in [6.45, 7) is 4.66. The van der Waals surface area contributed by atoms with E-state index in [4.69, 9.17) is 0 Å². The molecule has 5 heteroatoms. The fourth-order valence-electron chi connectivity index (χ4n) is 2.32. The Labute approximate surface area is 130 Å². The molecule has 1 heterocycles. The number of aliphatic hydroxyl groups is 1. The number of amides is 1. The van der Waals surface area contributed by atoms with Gasteiger partial charge in [-0.2, -0.15) is 5.10 Å². The van der Waals surface area contributed by atoms with E-state index in [2.05, 4.69) is 15.5 Å². The van der Waals surface area contributed by atoms with E-state index in [1.807, 2.05) is 44.2 Å². The van der Waals surface area contributed by atoms with Gasteiger partial charge in [-0.05, 0) is 24.0 Å². The minimum absolute atomic E-state index is 0.0926. The van der Waals surface area contributed by atoms with Crippen LogP contribution in [0.25, 0.3) is 0 Å². The summed E-state index contributed by atoms with van der Waals surface area (Å²) in [5.41, 5.74) is 2.46. The highest BCUT2D eigenvalue weighted by Crippen LogP contribution is 2.18. The second kappa shape index (κ2) is 7.75. The maximum Gasteiger partial charge on any atom is 0.271 e. The van der Waals surface area contributed by atoms with Crippen LogP contribution < -0.4 is 5.32 Å². The summed E-state index contributed by atoms with van der Waals surface area (Å²) in [5.74, 6) is 0.209. The lowest BCUT2D eigenvalue weighted by atomic mass is 9.96. The molecule has 0 saturated carbocycles. The molecule has 2 rings (SSSR count). The van der Waals surface area contributed by atoms with E-state index in [1.165, 1.54) is 0 Å². The number of aromatic amines is 1. The van der Waals surface area contributed by atoms with Crippen LogP contribution in [0.15, 0.2) is 36.4 Å². The third-order valence-corrected chi connectivity index (χ3v) is 3.71. The van der Waals surface area contributed by atoms with Crippen molar-refractivity contribution >= 4 is 5.91 Å². The Morgan fingerprint density at radius 1 is 1.32 bits per heavy atom. The highest BCUT2D eigenvalue weighted by atomic mass is 16.3. The molecule has 0 fully saturated rings. The Morgan fingerprint density at radius 2 is 2.05 bits per heavy atom. The Bertz CT molecular complexity index is 593. The summed E-state index contributed by atoms with van der Waals surface area (Å²) in [6.07, 6.45) is 0.613. The highest BCUT2D eigenvalue weighted by molar-refractivity contribution is 5.92. The van der Waals surface area contributed by atoms with Gasteiger partial charge in [-0.1, -0.05) is 44.2 Å². The number of aromatic nitrogens is 2. The zero-order chi connectivity index (χ0) is 15.9. The molecule has 0 aliphatic heterocycles. The largest absolute Gasteiger partial charge is 0.396 e. The van der Waals surface area contributed by atoms with Crippen LogP contribution in [0.1, 0.15) is 53.8 Å². The van der Waals surface area contributed by atoms with Crippen molar-refractivity contribution in [1.29, 1.82) is 0 Å². The van der Waals surface area contributed by atoms with E-state index in [1.54, 1.807) is 6.07 Å². The van der Waals surface area contributed by atoms with Crippen LogP contribution in [-0.4, -0.2) is 34.4 Å². The van der Waals surface area contributed by atoms with Crippen molar-refractivity contribution in [3.8, 4) is 0 Å². The zero-order valence-electron chi connectivity index (χ0n) is 13.0. The normalized spacial score (nSPS) is 12.4. The summed E-state index contributed by atoms with van der Waals surface area (Å²) in [4.78, 5) is 12.2. The van der Waals surface area contributed by atoms with Gasteiger partial charge in [0.1, 0.15) is 5.69 Å². The van der Waals surface area contributed by atoms with Gasteiger partial charge in [0.05, 0.1) is 0 Å². The van der Waals surface area contributed by atoms with Crippen LogP contribution in [-0.2, 0) is 0 Å². The molecule has 1 aromatic carbocycles. The van der Waals surface area contributed by atoms with Gasteiger partial charge in [-0.3, -0.25) is 9.89 Å². The molecular weight excluding hydrogens is 278 g/mol. The molecule has 22 heavy (non-hydrogen) atoms. The van der Waals surface area contributed by atoms with Crippen LogP contribution >= 0.6 is 0 Å². The zero-order valence-corrected chi connectivity index (χ0v) is 13.0. The maximum absolute atomic E-state index is 12.2. The van der Waals surface area contributed by atoms with Crippen molar-refractivity contribution < 1.29 is 9.90 Å². The molecule has 1 atom stereocenters. The Hall–Kier alpha value is -2.14. The number of carbonyl (C=O) groups excluding carboxylic acids is 1. The quantitative estimate of drug-likeness (QED) is 0.735. The second-order valence-electron chi connectivity index (χ2n) is 5.69. The average molecular weight is 301 g/mol. The van der Waals surface area contributed by atoms with Crippen LogP contribution in [0, 0.1) is 0 Å². The molecular formula is C17H23N3O2. The molecule has 0 saturated heterocycles. The summed E-state index contributed by atoms with van der Waals surface area (Å²) < 4.78 is 0. The monoisotopic (exact) mass is 301 g/mol. The summed E-state index contributed by atoms with van der Waals surface area (Å²) in [7, 11) is 0. The fourth-order valence-corrected chi connectivity index (χ4v) is 2.32. The van der Waals surface area contributed by atoms with E-state index in [0.29, 0.717) is 24.6 Å². The van der Waals surface area contributed by atoms with Crippen LogP contribution in [0.3, 0.4) is 0 Å². The summed E-state index contributed by atoms with van der Waals surface area (Å²) in [6, 6.07) is 11.7. The Morgan fingerprint density at radius 3 is 2.64 bits per heavy atom. The van der Waals surface area contributed by atoms with Crippen molar-refractivity contribution in [2.75, 3.05) is 13.2 Å². The fraction of sp³-hybridized carbons (Fsp3) is 0.412. The third kappa shape index (κ3) is 4.18. The van der Waals surface area contributed by atoms with Crippen molar-refractivity contribution in [2.24, 2.45) is 0 Å². The summed E-state index contributed by atoms with van der Waals surface area (Å²) >= 11 is 0. The number of hydrogen-bond donors (Lipinski definition) is 3. The number of H-pyrrole nitrogens is 1. The first-order valence-electron chi connectivity index (χ1n) is 7.61. The van der Waals surface area contributed by atoms with Gasteiger partial charge in [0, 0.05) is 24.8 Å². The van der Waals surface area contributed by atoms with Crippen LogP contribution in [0.5, 0.6) is 0 Å². The third-order valence-electron chi connectivity index (χ3n) is 3.71. The van der Waals surface area contributed by atoms with Gasteiger partial charge < -0.3 is 10.4 Å². The maximum atomic E-state index is 12.2. The number of aliphatic hydroxyl groups excluding tert-OH is 1. The number of rotatable bonds is 7. The predicted molar refractivity (Wildman–Crippen MR) is 85.9 cm³/mol. The SMILES string of the molecule is CC(C)c1cc(C(=O)NCC(CCO)c2ccccc2)n[nH]1. The van der Waals surface area contributed by atoms with E-state index in [9.17, 15) is 9.90 Å². The molecule has 3 N–H and O–H groups in total. The van der Waals surface area contributed by atoms with Crippen LogP contribution in [0.4, 0.5) is 0 Å². The van der Waals surface area contributed by atoms with Gasteiger partial charge >= 0.3 is 0 Å². The van der Waals surface area contributed by atoms with Gasteiger partial charge in [0.15, 0.2) is 0 Å². The first-order chi connectivity index (χ1) is 10.6. The van der Waals surface area contributed by atoms with E-state index >= 15 is 0 Å². The highest BCUT2D eigenvalue weighted by Gasteiger charge is 2.15. The predicted octanol–water partition coefficient (Wildman–Crippen LogP) is 2.43. The van der Waals surface area contributed by atoms with Crippen molar-refractivity contribution in [3.63, 3.8) is 0 Å². The molecule has 1 aromatic heterocycles. The Kier molecular flexibility index (Phi) is 5.72. The molecule has 2 aromatic rings. The van der Waals surface area contributed by atoms with Crippen LogP contribution in [0.2, 0.25) is 0 Å². The van der Waals surface area contributed by atoms with Crippen molar-refractivity contribution in [3.05, 3.63) is 53.3 Å². The Balaban J connectivity index is 1.98.